The lowest BCUT2D eigenvalue weighted by Crippen LogP contribution is -2.16. The molecule has 8 nitrogen and oxygen atoms in total. The highest BCUT2D eigenvalue weighted by molar-refractivity contribution is 7.99. The van der Waals surface area contributed by atoms with Crippen LogP contribution in [0.4, 0.5) is 5.69 Å². The number of thioether (sulfide) groups is 1. The number of carbonyl (C=O) groups is 2. The number of anilines is 1. The van der Waals surface area contributed by atoms with Gasteiger partial charge in [-0.05, 0) is 49.2 Å². The van der Waals surface area contributed by atoms with Crippen LogP contribution in [0.1, 0.15) is 29.1 Å². The molecule has 29 heavy (non-hydrogen) atoms. The number of primary amides is 1. The Balaban J connectivity index is 1.68. The first-order valence-corrected chi connectivity index (χ1v) is 10.1. The monoisotopic (exact) mass is 413 g/mol. The number of nitrogens with two attached hydrogens (primary N) is 1. The molecule has 2 amide bonds. The third kappa shape index (κ3) is 5.95. The Morgan fingerprint density at radius 2 is 1.97 bits per heavy atom. The van der Waals surface area contributed by atoms with Crippen molar-refractivity contribution in [2.75, 3.05) is 11.1 Å². The van der Waals surface area contributed by atoms with Gasteiger partial charge in [0, 0.05) is 18.5 Å². The normalized spacial score (nSPS) is 10.8. The maximum Gasteiger partial charge on any atom is 0.234 e. The number of aromatic nitrogens is 3. The molecule has 9 heteroatoms. The predicted octanol–water partition coefficient (Wildman–Crippen LogP) is 2.68. The van der Waals surface area contributed by atoms with E-state index in [4.69, 9.17) is 10.2 Å². The van der Waals surface area contributed by atoms with E-state index in [1.165, 1.54) is 11.8 Å². The number of rotatable bonds is 9. The molecule has 0 saturated heterocycles. The summed E-state index contributed by atoms with van der Waals surface area (Å²) in [6.45, 7) is 4.39. The van der Waals surface area contributed by atoms with Crippen LogP contribution in [0.5, 0.6) is 0 Å². The molecule has 0 aliphatic carbocycles. The SMILES string of the molecule is Cc1cc(C)cc(NC(=O)CSc2nnc(CCC(N)=O)n2Cc2ccco2)c1. The number of nitrogens with zero attached hydrogens (tertiary/aromatic N) is 3. The molecule has 0 aliphatic rings. The van der Waals surface area contributed by atoms with E-state index in [1.807, 2.05) is 36.6 Å². The standard InChI is InChI=1S/C20H23N5O3S/c1-13-8-14(2)10-15(9-13)22-19(27)12-29-20-24-23-18(6-5-17(21)26)25(20)11-16-4-3-7-28-16/h3-4,7-10H,5-6,11-12H2,1-2H3,(H2,21,26)(H,22,27). The molecule has 3 N–H and O–H groups in total. The fraction of sp³-hybridized carbons (Fsp3) is 0.300. The minimum Gasteiger partial charge on any atom is -0.467 e. The van der Waals surface area contributed by atoms with Gasteiger partial charge in [-0.25, -0.2) is 0 Å². The van der Waals surface area contributed by atoms with Crippen molar-refractivity contribution in [1.82, 2.24) is 14.8 Å². The molecular weight excluding hydrogens is 390 g/mol. The number of furan rings is 1. The average molecular weight is 414 g/mol. The molecule has 0 aliphatic heterocycles. The quantitative estimate of drug-likeness (QED) is 0.521. The molecule has 0 spiro atoms. The van der Waals surface area contributed by atoms with E-state index in [2.05, 4.69) is 21.6 Å². The van der Waals surface area contributed by atoms with Gasteiger partial charge in [-0.1, -0.05) is 17.8 Å². The van der Waals surface area contributed by atoms with Crippen LogP contribution in [0.2, 0.25) is 0 Å². The van der Waals surface area contributed by atoms with E-state index >= 15 is 0 Å². The second-order valence-corrected chi connectivity index (χ2v) is 7.69. The van der Waals surface area contributed by atoms with Crippen molar-refractivity contribution in [2.45, 2.75) is 38.4 Å². The van der Waals surface area contributed by atoms with E-state index in [0.717, 1.165) is 22.6 Å². The summed E-state index contributed by atoms with van der Waals surface area (Å²) in [5.41, 5.74) is 8.20. The van der Waals surface area contributed by atoms with Gasteiger partial charge in [0.1, 0.15) is 11.6 Å². The molecule has 0 atom stereocenters. The lowest BCUT2D eigenvalue weighted by atomic mass is 10.1. The average Bonchev–Trinajstić information content (AvgIpc) is 3.28. The fourth-order valence-electron chi connectivity index (χ4n) is 2.94. The van der Waals surface area contributed by atoms with Gasteiger partial charge in [0.25, 0.3) is 0 Å². The van der Waals surface area contributed by atoms with Crippen molar-refractivity contribution in [1.29, 1.82) is 0 Å². The smallest absolute Gasteiger partial charge is 0.234 e. The molecule has 152 valence electrons. The van der Waals surface area contributed by atoms with Crippen LogP contribution >= 0.6 is 11.8 Å². The van der Waals surface area contributed by atoms with E-state index in [9.17, 15) is 9.59 Å². The highest BCUT2D eigenvalue weighted by Crippen LogP contribution is 2.21. The van der Waals surface area contributed by atoms with Crippen LogP contribution in [0.25, 0.3) is 0 Å². The van der Waals surface area contributed by atoms with Crippen LogP contribution in [0.15, 0.2) is 46.2 Å². The zero-order valence-electron chi connectivity index (χ0n) is 16.3. The summed E-state index contributed by atoms with van der Waals surface area (Å²) in [5, 5.41) is 11.8. The summed E-state index contributed by atoms with van der Waals surface area (Å²) in [6.07, 6.45) is 2.14. The van der Waals surface area contributed by atoms with Gasteiger partial charge in [-0.2, -0.15) is 0 Å². The van der Waals surface area contributed by atoms with Crippen LogP contribution in [0.3, 0.4) is 0 Å². The van der Waals surface area contributed by atoms with Crippen LogP contribution in [0, 0.1) is 13.8 Å². The van der Waals surface area contributed by atoms with E-state index in [0.29, 0.717) is 23.9 Å². The second-order valence-electron chi connectivity index (χ2n) is 6.74. The minimum atomic E-state index is -0.403. The Labute approximate surface area is 172 Å². The maximum absolute atomic E-state index is 12.4. The highest BCUT2D eigenvalue weighted by atomic mass is 32.2. The van der Waals surface area contributed by atoms with Crippen molar-refractivity contribution < 1.29 is 14.0 Å². The predicted molar refractivity (Wildman–Crippen MR) is 111 cm³/mol. The zero-order valence-corrected chi connectivity index (χ0v) is 17.2. The Kier molecular flexibility index (Phi) is 6.71. The summed E-state index contributed by atoms with van der Waals surface area (Å²) < 4.78 is 7.26. The number of aryl methyl sites for hydroxylation is 3. The third-order valence-electron chi connectivity index (χ3n) is 4.12. The Bertz CT molecular complexity index is 977. The topological polar surface area (TPSA) is 116 Å². The zero-order chi connectivity index (χ0) is 20.8. The van der Waals surface area contributed by atoms with Gasteiger partial charge in [0.15, 0.2) is 5.16 Å². The summed E-state index contributed by atoms with van der Waals surface area (Å²) in [4.78, 5) is 23.5. The number of amides is 2. The molecule has 2 aromatic heterocycles. The molecule has 3 aromatic rings. The van der Waals surface area contributed by atoms with Gasteiger partial charge >= 0.3 is 0 Å². The third-order valence-corrected chi connectivity index (χ3v) is 5.09. The Morgan fingerprint density at radius 1 is 1.21 bits per heavy atom. The minimum absolute atomic E-state index is 0.133. The molecular formula is C20H23N5O3S. The highest BCUT2D eigenvalue weighted by Gasteiger charge is 2.16. The molecule has 0 saturated carbocycles. The van der Waals surface area contributed by atoms with Crippen molar-refractivity contribution in [3.8, 4) is 0 Å². The van der Waals surface area contributed by atoms with Gasteiger partial charge in [-0.3, -0.25) is 14.2 Å². The fourth-order valence-corrected chi connectivity index (χ4v) is 3.69. The number of nitrogens with one attached hydrogen (secondary N) is 1. The lowest BCUT2D eigenvalue weighted by molar-refractivity contribution is -0.118. The molecule has 0 unspecified atom stereocenters. The number of benzene rings is 1. The Hall–Kier alpha value is -3.07. The largest absolute Gasteiger partial charge is 0.467 e. The van der Waals surface area contributed by atoms with Gasteiger partial charge in [-0.15, -0.1) is 10.2 Å². The van der Waals surface area contributed by atoms with E-state index in [1.54, 1.807) is 12.3 Å². The molecule has 1 aromatic carbocycles. The van der Waals surface area contributed by atoms with Crippen LogP contribution in [-0.2, 0) is 22.6 Å². The first kappa shape index (κ1) is 20.7. The molecule has 0 bridgehead atoms. The summed E-state index contributed by atoms with van der Waals surface area (Å²) in [7, 11) is 0. The van der Waals surface area contributed by atoms with Crippen LogP contribution in [-0.4, -0.2) is 32.3 Å². The molecule has 0 fully saturated rings. The van der Waals surface area contributed by atoms with Crippen molar-refractivity contribution in [3.05, 3.63) is 59.3 Å². The first-order valence-electron chi connectivity index (χ1n) is 9.14. The van der Waals surface area contributed by atoms with Crippen molar-refractivity contribution in [3.63, 3.8) is 0 Å². The second kappa shape index (κ2) is 9.42. The Morgan fingerprint density at radius 3 is 2.62 bits per heavy atom. The van der Waals surface area contributed by atoms with E-state index in [-0.39, 0.29) is 18.1 Å². The maximum atomic E-state index is 12.4. The van der Waals surface area contributed by atoms with Crippen molar-refractivity contribution in [2.24, 2.45) is 5.73 Å². The summed E-state index contributed by atoms with van der Waals surface area (Å²) >= 11 is 1.28. The molecule has 2 heterocycles. The molecule has 0 radical (unpaired) electrons. The summed E-state index contributed by atoms with van der Waals surface area (Å²) in [5.74, 6) is 0.994. The molecule has 3 rings (SSSR count). The van der Waals surface area contributed by atoms with Crippen LogP contribution < -0.4 is 11.1 Å². The van der Waals surface area contributed by atoms with Gasteiger partial charge in [0.2, 0.25) is 11.8 Å². The van der Waals surface area contributed by atoms with E-state index < -0.39 is 5.91 Å². The number of hydrogen-bond donors (Lipinski definition) is 2. The number of hydrogen-bond acceptors (Lipinski definition) is 6. The summed E-state index contributed by atoms with van der Waals surface area (Å²) in [6, 6.07) is 9.55. The van der Waals surface area contributed by atoms with Gasteiger partial charge < -0.3 is 15.5 Å². The number of carbonyl (C=O) groups excluding carboxylic acids is 2. The first-order chi connectivity index (χ1) is 13.9. The van der Waals surface area contributed by atoms with Crippen molar-refractivity contribution >= 4 is 29.3 Å². The lowest BCUT2D eigenvalue weighted by Gasteiger charge is -2.09. The van der Waals surface area contributed by atoms with Gasteiger partial charge in [0.05, 0.1) is 18.6 Å².